The number of ether oxygens (including phenoxy) is 1. The summed E-state index contributed by atoms with van der Waals surface area (Å²) in [5, 5.41) is 3.14. The van der Waals surface area contributed by atoms with Crippen molar-refractivity contribution in [1.29, 1.82) is 0 Å². The van der Waals surface area contributed by atoms with Crippen molar-refractivity contribution in [3.05, 3.63) is 98.4 Å². The van der Waals surface area contributed by atoms with E-state index in [1.54, 1.807) is 17.2 Å². The summed E-state index contributed by atoms with van der Waals surface area (Å²) in [5.41, 5.74) is 2.89. The predicted molar refractivity (Wildman–Crippen MR) is 136 cm³/mol. The molecule has 0 spiro atoms. The predicted octanol–water partition coefficient (Wildman–Crippen LogP) is 5.57. The van der Waals surface area contributed by atoms with Gasteiger partial charge >= 0.3 is 5.97 Å². The van der Waals surface area contributed by atoms with Crippen LogP contribution in [0.3, 0.4) is 0 Å². The standard InChI is InChI=1S/C26H25N3O3S2/c1-3-32-25(31)23-18(2)34-26(28-23)29(15-14-19-10-6-4-7-11-19)24(30)21-17-33-22(27-21)16-20-12-8-5-9-13-20/h4-13,17H,3,14-16H2,1-2H3. The van der Waals surface area contributed by atoms with E-state index in [2.05, 4.69) is 9.97 Å². The van der Waals surface area contributed by atoms with Crippen LogP contribution >= 0.6 is 22.7 Å². The lowest BCUT2D eigenvalue weighted by molar-refractivity contribution is 0.0519. The third-order valence-corrected chi connectivity index (χ3v) is 7.01. The zero-order valence-electron chi connectivity index (χ0n) is 19.1. The van der Waals surface area contributed by atoms with Crippen molar-refractivity contribution in [2.75, 3.05) is 18.1 Å². The minimum absolute atomic E-state index is 0.226. The molecule has 0 aliphatic carbocycles. The fraction of sp³-hybridized carbons (Fsp3) is 0.231. The third kappa shape index (κ3) is 5.76. The molecule has 0 bridgehead atoms. The lowest BCUT2D eigenvalue weighted by Gasteiger charge is -2.19. The first-order valence-electron chi connectivity index (χ1n) is 11.0. The second kappa shape index (κ2) is 11.2. The molecule has 0 atom stereocenters. The van der Waals surface area contributed by atoms with E-state index in [9.17, 15) is 9.59 Å². The summed E-state index contributed by atoms with van der Waals surface area (Å²) in [6.07, 6.45) is 1.33. The molecule has 2 aromatic heterocycles. The smallest absolute Gasteiger partial charge is 0.358 e. The van der Waals surface area contributed by atoms with Gasteiger partial charge in [-0.15, -0.1) is 22.7 Å². The molecule has 0 unspecified atom stereocenters. The van der Waals surface area contributed by atoms with Gasteiger partial charge in [0.2, 0.25) is 0 Å². The maximum Gasteiger partial charge on any atom is 0.358 e. The Morgan fingerprint density at radius 1 is 0.971 bits per heavy atom. The van der Waals surface area contributed by atoms with E-state index in [-0.39, 0.29) is 18.2 Å². The van der Waals surface area contributed by atoms with Crippen LogP contribution in [-0.4, -0.2) is 35.0 Å². The highest BCUT2D eigenvalue weighted by atomic mass is 32.1. The van der Waals surface area contributed by atoms with E-state index in [4.69, 9.17) is 4.74 Å². The van der Waals surface area contributed by atoms with Crippen molar-refractivity contribution in [1.82, 2.24) is 9.97 Å². The second-order valence-corrected chi connectivity index (χ2v) is 9.73. The van der Waals surface area contributed by atoms with Crippen molar-refractivity contribution in [2.45, 2.75) is 26.7 Å². The maximum atomic E-state index is 13.6. The van der Waals surface area contributed by atoms with E-state index in [1.165, 1.54) is 22.7 Å². The molecule has 0 aliphatic heterocycles. The second-order valence-electron chi connectivity index (χ2n) is 7.60. The molecule has 0 N–H and O–H groups in total. The largest absolute Gasteiger partial charge is 0.461 e. The first-order chi connectivity index (χ1) is 16.5. The first kappa shape index (κ1) is 23.8. The average Bonchev–Trinajstić information content (AvgIpc) is 3.47. The molecule has 0 saturated heterocycles. The molecule has 4 rings (SSSR count). The van der Waals surface area contributed by atoms with Crippen LogP contribution in [0.2, 0.25) is 0 Å². The molecule has 1 amide bonds. The first-order valence-corrected chi connectivity index (χ1v) is 12.7. The Morgan fingerprint density at radius 2 is 1.65 bits per heavy atom. The van der Waals surface area contributed by atoms with Gasteiger partial charge in [0.15, 0.2) is 10.8 Å². The summed E-state index contributed by atoms with van der Waals surface area (Å²) in [4.78, 5) is 37.3. The fourth-order valence-electron chi connectivity index (χ4n) is 3.46. The minimum Gasteiger partial charge on any atom is -0.461 e. The summed E-state index contributed by atoms with van der Waals surface area (Å²) in [6, 6.07) is 20.0. The number of rotatable bonds is 9. The zero-order valence-corrected chi connectivity index (χ0v) is 20.7. The number of carbonyl (C=O) groups excluding carboxylic acids is 2. The highest BCUT2D eigenvalue weighted by Gasteiger charge is 2.26. The highest BCUT2D eigenvalue weighted by molar-refractivity contribution is 7.16. The Hall–Kier alpha value is -3.36. The lowest BCUT2D eigenvalue weighted by Crippen LogP contribution is -2.33. The van der Waals surface area contributed by atoms with Crippen molar-refractivity contribution in [3.8, 4) is 0 Å². The van der Waals surface area contributed by atoms with Crippen LogP contribution < -0.4 is 4.90 Å². The number of aryl methyl sites for hydroxylation is 1. The molecule has 8 heteroatoms. The van der Waals surface area contributed by atoms with Crippen LogP contribution in [0, 0.1) is 6.92 Å². The average molecular weight is 492 g/mol. The van der Waals surface area contributed by atoms with Gasteiger partial charge in [0.1, 0.15) is 5.69 Å². The van der Waals surface area contributed by atoms with E-state index in [0.717, 1.165) is 16.1 Å². The molecule has 0 radical (unpaired) electrons. The van der Waals surface area contributed by atoms with Gasteiger partial charge in [0.05, 0.1) is 11.6 Å². The number of amides is 1. The topological polar surface area (TPSA) is 72.4 Å². The number of esters is 1. The Balaban J connectivity index is 1.59. The molecule has 6 nitrogen and oxygen atoms in total. The molecular weight excluding hydrogens is 466 g/mol. The molecule has 0 saturated carbocycles. The van der Waals surface area contributed by atoms with E-state index < -0.39 is 5.97 Å². The van der Waals surface area contributed by atoms with Gasteiger partial charge in [-0.05, 0) is 31.4 Å². The Bertz CT molecular complexity index is 1250. The van der Waals surface area contributed by atoms with E-state index in [1.807, 2.05) is 67.6 Å². The lowest BCUT2D eigenvalue weighted by atomic mass is 10.1. The molecule has 34 heavy (non-hydrogen) atoms. The van der Waals surface area contributed by atoms with Crippen LogP contribution in [0.25, 0.3) is 0 Å². The van der Waals surface area contributed by atoms with Crippen molar-refractivity contribution >= 4 is 39.7 Å². The number of benzene rings is 2. The summed E-state index contributed by atoms with van der Waals surface area (Å²) in [7, 11) is 0. The molecule has 4 aromatic rings. The molecule has 0 aliphatic rings. The van der Waals surface area contributed by atoms with Crippen molar-refractivity contribution in [2.24, 2.45) is 0 Å². The number of nitrogens with zero attached hydrogens (tertiary/aromatic N) is 3. The van der Waals surface area contributed by atoms with Crippen LogP contribution in [0.4, 0.5) is 5.13 Å². The van der Waals surface area contributed by atoms with Gasteiger partial charge in [-0.1, -0.05) is 60.7 Å². The summed E-state index contributed by atoms with van der Waals surface area (Å²) >= 11 is 2.78. The van der Waals surface area contributed by atoms with Crippen LogP contribution in [0.1, 0.15) is 48.9 Å². The Kier molecular flexibility index (Phi) is 7.82. The minimum atomic E-state index is -0.475. The summed E-state index contributed by atoms with van der Waals surface area (Å²) in [5.74, 6) is -0.701. The number of thiazole rings is 2. The SMILES string of the molecule is CCOC(=O)c1nc(N(CCc2ccccc2)C(=O)c2csc(Cc3ccccc3)n2)sc1C. The van der Waals surface area contributed by atoms with E-state index >= 15 is 0 Å². The van der Waals surface area contributed by atoms with Crippen LogP contribution in [0.5, 0.6) is 0 Å². The molecule has 2 aromatic carbocycles. The van der Waals surface area contributed by atoms with Gasteiger partial charge < -0.3 is 4.74 Å². The van der Waals surface area contributed by atoms with Gasteiger partial charge in [0, 0.05) is 23.2 Å². The zero-order chi connectivity index (χ0) is 23.9. The third-order valence-electron chi connectivity index (χ3n) is 5.17. The van der Waals surface area contributed by atoms with E-state index in [0.29, 0.717) is 35.1 Å². The normalized spacial score (nSPS) is 10.8. The van der Waals surface area contributed by atoms with Crippen molar-refractivity contribution < 1.29 is 14.3 Å². The summed E-state index contributed by atoms with van der Waals surface area (Å²) < 4.78 is 5.13. The Labute approximate surface area is 206 Å². The molecule has 2 heterocycles. The van der Waals surface area contributed by atoms with Gasteiger partial charge in [0.25, 0.3) is 5.91 Å². The van der Waals surface area contributed by atoms with Crippen molar-refractivity contribution in [3.63, 3.8) is 0 Å². The molecule has 174 valence electrons. The van der Waals surface area contributed by atoms with Gasteiger partial charge in [-0.2, -0.15) is 0 Å². The Morgan fingerprint density at radius 3 is 2.32 bits per heavy atom. The number of aromatic nitrogens is 2. The maximum absolute atomic E-state index is 13.6. The quantitative estimate of drug-likeness (QED) is 0.287. The number of hydrogen-bond acceptors (Lipinski definition) is 7. The molecular formula is C26H25N3O3S2. The number of carbonyl (C=O) groups is 2. The molecule has 0 fully saturated rings. The van der Waals surface area contributed by atoms with Crippen LogP contribution in [-0.2, 0) is 17.6 Å². The van der Waals surface area contributed by atoms with Gasteiger partial charge in [-0.25, -0.2) is 14.8 Å². The monoisotopic (exact) mass is 491 g/mol. The van der Waals surface area contributed by atoms with Crippen LogP contribution in [0.15, 0.2) is 66.0 Å². The highest BCUT2D eigenvalue weighted by Crippen LogP contribution is 2.28. The van der Waals surface area contributed by atoms with Gasteiger partial charge in [-0.3, -0.25) is 9.69 Å². The number of hydrogen-bond donors (Lipinski definition) is 0. The number of anilines is 1. The fourth-order valence-corrected chi connectivity index (χ4v) is 5.18. The summed E-state index contributed by atoms with van der Waals surface area (Å²) in [6.45, 7) is 4.26.